The fraction of sp³-hybridized carbons (Fsp3) is 0.0455. The standard InChI is InChI=1S/C22H14F2N6OS2/c23-14-6-8-16(9-7-14)30-20(17-5-2-10-32-17)25-19(29-30)21(31)26-22-28-27-18(33-22)12-13-3-1-4-15(24)11-13/h1-11H,12H2,(H,26,28,31). The number of halogens is 2. The molecule has 33 heavy (non-hydrogen) atoms. The SMILES string of the molecule is O=C(Nc1nnc(Cc2cccc(F)c2)s1)c1nc(-c2cccs2)n(-c2ccc(F)cc2)n1. The highest BCUT2D eigenvalue weighted by molar-refractivity contribution is 7.15. The van der Waals surface area contributed by atoms with Crippen LogP contribution in [0.25, 0.3) is 16.4 Å². The van der Waals surface area contributed by atoms with E-state index in [1.54, 1.807) is 24.3 Å². The second-order valence-electron chi connectivity index (χ2n) is 6.89. The lowest BCUT2D eigenvalue weighted by molar-refractivity contribution is 0.101. The molecule has 0 spiro atoms. The third-order valence-corrected chi connectivity index (χ3v) is 6.26. The van der Waals surface area contributed by atoms with Crippen molar-refractivity contribution in [2.24, 2.45) is 0 Å². The van der Waals surface area contributed by atoms with Gasteiger partial charge in [-0.2, -0.15) is 0 Å². The molecule has 0 saturated carbocycles. The van der Waals surface area contributed by atoms with Crippen molar-refractivity contribution >= 4 is 33.7 Å². The van der Waals surface area contributed by atoms with Crippen molar-refractivity contribution in [3.05, 3.63) is 94.1 Å². The molecule has 0 aliphatic rings. The lowest BCUT2D eigenvalue weighted by atomic mass is 10.1. The first kappa shape index (κ1) is 21.0. The van der Waals surface area contributed by atoms with E-state index in [0.29, 0.717) is 22.9 Å². The van der Waals surface area contributed by atoms with Crippen LogP contribution in [-0.4, -0.2) is 30.9 Å². The zero-order valence-electron chi connectivity index (χ0n) is 16.8. The molecule has 0 fully saturated rings. The van der Waals surface area contributed by atoms with Gasteiger partial charge in [0.05, 0.1) is 10.6 Å². The predicted molar refractivity (Wildman–Crippen MR) is 122 cm³/mol. The molecule has 0 bridgehead atoms. The fourth-order valence-corrected chi connectivity index (χ4v) is 4.55. The lowest BCUT2D eigenvalue weighted by Gasteiger charge is -2.03. The predicted octanol–water partition coefficient (Wildman–Crippen LogP) is 4.97. The van der Waals surface area contributed by atoms with Gasteiger partial charge in [-0.25, -0.2) is 18.4 Å². The molecule has 1 amide bonds. The second-order valence-corrected chi connectivity index (χ2v) is 8.90. The number of carbonyl (C=O) groups excluding carboxylic acids is 1. The number of rotatable bonds is 6. The average molecular weight is 481 g/mol. The summed E-state index contributed by atoms with van der Waals surface area (Å²) in [5.41, 5.74) is 1.32. The molecular weight excluding hydrogens is 466 g/mol. The largest absolute Gasteiger partial charge is 0.297 e. The minimum absolute atomic E-state index is 0.0652. The minimum atomic E-state index is -0.554. The molecule has 7 nitrogen and oxygen atoms in total. The molecule has 164 valence electrons. The Kier molecular flexibility index (Phi) is 5.71. The van der Waals surface area contributed by atoms with Crippen LogP contribution in [0.5, 0.6) is 0 Å². The zero-order chi connectivity index (χ0) is 22.8. The van der Waals surface area contributed by atoms with Gasteiger partial charge in [-0.1, -0.05) is 29.5 Å². The Bertz CT molecular complexity index is 1410. The molecular formula is C22H14F2N6OS2. The van der Waals surface area contributed by atoms with Crippen molar-refractivity contribution in [1.82, 2.24) is 25.0 Å². The fourth-order valence-electron chi connectivity index (χ4n) is 3.09. The molecule has 0 radical (unpaired) electrons. The van der Waals surface area contributed by atoms with Gasteiger partial charge >= 0.3 is 0 Å². The molecule has 0 aliphatic carbocycles. The summed E-state index contributed by atoms with van der Waals surface area (Å²) in [7, 11) is 0. The lowest BCUT2D eigenvalue weighted by Crippen LogP contribution is -2.14. The number of amides is 1. The Morgan fingerprint density at radius 3 is 2.61 bits per heavy atom. The van der Waals surface area contributed by atoms with E-state index in [4.69, 9.17) is 0 Å². The Labute approximate surface area is 194 Å². The Balaban J connectivity index is 1.38. The van der Waals surface area contributed by atoms with E-state index >= 15 is 0 Å². The molecule has 5 aromatic rings. The number of aromatic nitrogens is 5. The van der Waals surface area contributed by atoms with Crippen molar-refractivity contribution in [3.8, 4) is 16.4 Å². The minimum Gasteiger partial charge on any atom is -0.294 e. The van der Waals surface area contributed by atoms with Crippen molar-refractivity contribution in [2.45, 2.75) is 6.42 Å². The number of thiophene rings is 1. The van der Waals surface area contributed by atoms with Crippen LogP contribution in [0.3, 0.4) is 0 Å². The monoisotopic (exact) mass is 480 g/mol. The number of carbonyl (C=O) groups is 1. The summed E-state index contributed by atoms with van der Waals surface area (Å²) in [4.78, 5) is 18.0. The van der Waals surface area contributed by atoms with Gasteiger partial charge in [0, 0.05) is 6.42 Å². The first-order valence-corrected chi connectivity index (χ1v) is 11.4. The number of benzene rings is 2. The Hall–Kier alpha value is -3.83. The number of hydrogen-bond donors (Lipinski definition) is 1. The van der Waals surface area contributed by atoms with E-state index in [2.05, 4.69) is 25.6 Å². The molecule has 0 saturated heterocycles. The summed E-state index contributed by atoms with van der Waals surface area (Å²) in [5.74, 6) is -0.854. The maximum Gasteiger partial charge on any atom is 0.297 e. The van der Waals surface area contributed by atoms with E-state index < -0.39 is 5.91 Å². The van der Waals surface area contributed by atoms with Crippen LogP contribution in [-0.2, 0) is 6.42 Å². The third kappa shape index (κ3) is 4.69. The van der Waals surface area contributed by atoms with Gasteiger partial charge in [-0.05, 0) is 53.4 Å². The Morgan fingerprint density at radius 1 is 1.00 bits per heavy atom. The van der Waals surface area contributed by atoms with Gasteiger partial charge in [0.2, 0.25) is 11.0 Å². The maximum absolute atomic E-state index is 13.4. The van der Waals surface area contributed by atoms with E-state index in [1.165, 1.54) is 51.6 Å². The average Bonchev–Trinajstić information content (AvgIpc) is 3.55. The highest BCUT2D eigenvalue weighted by Gasteiger charge is 2.21. The zero-order valence-corrected chi connectivity index (χ0v) is 18.4. The highest BCUT2D eigenvalue weighted by Crippen LogP contribution is 2.26. The van der Waals surface area contributed by atoms with Crippen LogP contribution in [0.1, 0.15) is 21.2 Å². The third-order valence-electron chi connectivity index (χ3n) is 4.55. The molecule has 3 heterocycles. The van der Waals surface area contributed by atoms with Crippen molar-refractivity contribution in [1.29, 1.82) is 0 Å². The van der Waals surface area contributed by atoms with Crippen LogP contribution < -0.4 is 5.32 Å². The summed E-state index contributed by atoms with van der Waals surface area (Å²) in [6.45, 7) is 0. The van der Waals surface area contributed by atoms with E-state index in [0.717, 1.165) is 10.4 Å². The first-order valence-electron chi connectivity index (χ1n) is 9.70. The Morgan fingerprint density at radius 2 is 1.85 bits per heavy atom. The number of anilines is 1. The smallest absolute Gasteiger partial charge is 0.294 e. The van der Waals surface area contributed by atoms with Crippen molar-refractivity contribution in [2.75, 3.05) is 5.32 Å². The van der Waals surface area contributed by atoms with Crippen LogP contribution in [0.2, 0.25) is 0 Å². The van der Waals surface area contributed by atoms with Gasteiger partial charge in [0.1, 0.15) is 16.6 Å². The summed E-state index contributed by atoms with van der Waals surface area (Å²) in [6.07, 6.45) is 0.394. The molecule has 11 heteroatoms. The number of nitrogens with one attached hydrogen (secondary N) is 1. The van der Waals surface area contributed by atoms with Gasteiger partial charge in [-0.15, -0.1) is 26.6 Å². The molecule has 0 atom stereocenters. The highest BCUT2D eigenvalue weighted by atomic mass is 32.1. The summed E-state index contributed by atoms with van der Waals surface area (Å²) >= 11 is 2.63. The molecule has 5 rings (SSSR count). The van der Waals surface area contributed by atoms with Gasteiger partial charge < -0.3 is 0 Å². The van der Waals surface area contributed by atoms with E-state index in [9.17, 15) is 13.6 Å². The van der Waals surface area contributed by atoms with Crippen LogP contribution in [0, 0.1) is 11.6 Å². The number of hydrogen-bond acceptors (Lipinski definition) is 7. The van der Waals surface area contributed by atoms with Crippen LogP contribution in [0.15, 0.2) is 66.0 Å². The summed E-state index contributed by atoms with van der Waals surface area (Å²) < 4.78 is 28.3. The second kappa shape index (κ2) is 8.96. The molecule has 3 aromatic heterocycles. The molecule has 2 aromatic carbocycles. The summed E-state index contributed by atoms with van der Waals surface area (Å²) in [6, 6.07) is 15.7. The van der Waals surface area contributed by atoms with Crippen LogP contribution in [0.4, 0.5) is 13.9 Å². The van der Waals surface area contributed by atoms with E-state index in [1.807, 2.05) is 17.5 Å². The normalized spacial score (nSPS) is 11.0. The number of nitrogens with zero attached hydrogens (tertiary/aromatic N) is 5. The summed E-state index contributed by atoms with van der Waals surface area (Å²) in [5, 5.41) is 17.8. The molecule has 1 N–H and O–H groups in total. The van der Waals surface area contributed by atoms with Gasteiger partial charge in [-0.3, -0.25) is 10.1 Å². The maximum atomic E-state index is 13.4. The molecule has 0 unspecified atom stereocenters. The van der Waals surface area contributed by atoms with Gasteiger partial charge in [0.25, 0.3) is 5.91 Å². The topological polar surface area (TPSA) is 85.6 Å². The first-order chi connectivity index (χ1) is 16.0. The van der Waals surface area contributed by atoms with Crippen LogP contribution >= 0.6 is 22.7 Å². The van der Waals surface area contributed by atoms with Crippen molar-refractivity contribution < 1.29 is 13.6 Å². The van der Waals surface area contributed by atoms with Crippen molar-refractivity contribution in [3.63, 3.8) is 0 Å². The van der Waals surface area contributed by atoms with Gasteiger partial charge in [0.15, 0.2) is 5.82 Å². The quantitative estimate of drug-likeness (QED) is 0.371. The molecule has 0 aliphatic heterocycles. The van der Waals surface area contributed by atoms with E-state index in [-0.39, 0.29) is 22.6 Å².